The number of guanidine groups is 1. The summed E-state index contributed by atoms with van der Waals surface area (Å²) in [6.45, 7) is 3.02. The predicted molar refractivity (Wildman–Crippen MR) is 83.7 cm³/mol. The Balaban J connectivity index is 1.79. The van der Waals surface area contributed by atoms with Crippen molar-refractivity contribution in [3.8, 4) is 0 Å². The van der Waals surface area contributed by atoms with E-state index >= 15 is 0 Å². The summed E-state index contributed by atoms with van der Waals surface area (Å²) in [5, 5.41) is 4.72. The molecule has 1 aromatic rings. The number of hydrogen-bond donors (Lipinski definition) is 1. The van der Waals surface area contributed by atoms with Gasteiger partial charge in [0.25, 0.3) is 0 Å². The number of halogens is 3. The standard InChI is InChI=1S/C14H21F3N4OS/c1-18-13(21-6-4-10(7-21)8-22-2)19-5-3-12-20-11(9-23-12)14(15,16)17/h9-10H,3-8H2,1-2H3,(H,18,19). The van der Waals surface area contributed by atoms with Gasteiger partial charge >= 0.3 is 6.18 Å². The number of aliphatic imine (C=N–C) groups is 1. The van der Waals surface area contributed by atoms with Crippen LogP contribution in [0, 0.1) is 5.92 Å². The normalized spacial score (nSPS) is 19.4. The molecule has 0 saturated carbocycles. The zero-order valence-corrected chi connectivity index (χ0v) is 14.0. The molecular formula is C14H21F3N4OS. The molecule has 1 atom stereocenters. The van der Waals surface area contributed by atoms with E-state index in [1.165, 1.54) is 0 Å². The molecule has 5 nitrogen and oxygen atoms in total. The number of nitrogens with zero attached hydrogens (tertiary/aromatic N) is 3. The minimum Gasteiger partial charge on any atom is -0.384 e. The molecule has 23 heavy (non-hydrogen) atoms. The number of nitrogens with one attached hydrogen (secondary N) is 1. The molecule has 1 fully saturated rings. The molecule has 1 saturated heterocycles. The fourth-order valence-corrected chi connectivity index (χ4v) is 3.37. The molecule has 0 radical (unpaired) electrons. The number of aromatic nitrogens is 1. The lowest BCUT2D eigenvalue weighted by atomic mass is 10.1. The van der Waals surface area contributed by atoms with Crippen LogP contribution >= 0.6 is 11.3 Å². The Hall–Kier alpha value is -1.35. The van der Waals surface area contributed by atoms with Crippen LogP contribution < -0.4 is 5.32 Å². The topological polar surface area (TPSA) is 49.8 Å². The van der Waals surface area contributed by atoms with Gasteiger partial charge in [-0.05, 0) is 6.42 Å². The Morgan fingerprint density at radius 3 is 2.96 bits per heavy atom. The van der Waals surface area contributed by atoms with Gasteiger partial charge in [0.2, 0.25) is 0 Å². The van der Waals surface area contributed by atoms with E-state index < -0.39 is 11.9 Å². The first-order valence-corrected chi connectivity index (χ1v) is 8.28. The third-order valence-electron chi connectivity index (χ3n) is 3.66. The van der Waals surface area contributed by atoms with Gasteiger partial charge in [0.05, 0.1) is 11.6 Å². The number of likely N-dealkylation sites (tertiary alicyclic amines) is 1. The molecule has 1 N–H and O–H groups in total. The molecule has 1 aliphatic rings. The van der Waals surface area contributed by atoms with Crippen LogP contribution in [0.5, 0.6) is 0 Å². The summed E-state index contributed by atoms with van der Waals surface area (Å²) in [4.78, 5) is 10.0. The van der Waals surface area contributed by atoms with E-state index in [0.29, 0.717) is 23.9 Å². The highest BCUT2D eigenvalue weighted by Gasteiger charge is 2.33. The summed E-state index contributed by atoms with van der Waals surface area (Å²) in [5.41, 5.74) is -0.816. The van der Waals surface area contributed by atoms with E-state index in [4.69, 9.17) is 4.74 Å². The molecule has 0 amide bonds. The lowest BCUT2D eigenvalue weighted by Crippen LogP contribution is -2.41. The number of hydrogen-bond acceptors (Lipinski definition) is 4. The second kappa shape index (κ2) is 7.96. The highest BCUT2D eigenvalue weighted by Crippen LogP contribution is 2.30. The van der Waals surface area contributed by atoms with Crippen molar-refractivity contribution in [1.82, 2.24) is 15.2 Å². The predicted octanol–water partition coefficient (Wildman–Crippen LogP) is 2.25. The molecule has 130 valence electrons. The first-order chi connectivity index (χ1) is 10.9. The quantitative estimate of drug-likeness (QED) is 0.654. The van der Waals surface area contributed by atoms with Crippen LogP contribution in [0.25, 0.3) is 0 Å². The molecule has 1 unspecified atom stereocenters. The van der Waals surface area contributed by atoms with Crippen molar-refractivity contribution >= 4 is 17.3 Å². The van der Waals surface area contributed by atoms with Crippen LogP contribution in [0.1, 0.15) is 17.1 Å². The molecule has 0 aliphatic carbocycles. The summed E-state index contributed by atoms with van der Waals surface area (Å²) >= 11 is 1.03. The Kier molecular flexibility index (Phi) is 6.23. The van der Waals surface area contributed by atoms with E-state index in [0.717, 1.165) is 48.8 Å². The van der Waals surface area contributed by atoms with Crippen molar-refractivity contribution in [2.24, 2.45) is 10.9 Å². The highest BCUT2D eigenvalue weighted by molar-refractivity contribution is 7.09. The monoisotopic (exact) mass is 350 g/mol. The van der Waals surface area contributed by atoms with E-state index in [1.807, 2.05) is 0 Å². The zero-order chi connectivity index (χ0) is 16.9. The third kappa shape index (κ3) is 5.07. The zero-order valence-electron chi connectivity index (χ0n) is 13.2. The SMILES string of the molecule is CN=C(NCCc1nc(C(F)(F)F)cs1)N1CCC(COC)C1. The maximum atomic E-state index is 12.5. The molecule has 2 heterocycles. The van der Waals surface area contributed by atoms with Gasteiger partial charge < -0.3 is 15.0 Å². The van der Waals surface area contributed by atoms with E-state index in [-0.39, 0.29) is 0 Å². The van der Waals surface area contributed by atoms with Gasteiger partial charge in [-0.1, -0.05) is 0 Å². The molecule has 9 heteroatoms. The first kappa shape index (κ1) is 18.0. The van der Waals surface area contributed by atoms with Crippen LogP contribution in [0.2, 0.25) is 0 Å². The number of alkyl halides is 3. The molecule has 1 aromatic heterocycles. The Labute approximate surface area is 137 Å². The molecule has 0 spiro atoms. The summed E-state index contributed by atoms with van der Waals surface area (Å²) in [7, 11) is 3.40. The number of thiazole rings is 1. The van der Waals surface area contributed by atoms with Gasteiger partial charge in [0, 0.05) is 51.5 Å². The lowest BCUT2D eigenvalue weighted by Gasteiger charge is -2.21. The third-order valence-corrected chi connectivity index (χ3v) is 4.57. The van der Waals surface area contributed by atoms with Crippen LogP contribution in [-0.4, -0.2) is 56.2 Å². The number of rotatable bonds is 5. The van der Waals surface area contributed by atoms with E-state index in [1.54, 1.807) is 14.2 Å². The Bertz CT molecular complexity index is 532. The second-order valence-electron chi connectivity index (χ2n) is 5.40. The maximum Gasteiger partial charge on any atom is 0.434 e. The molecular weight excluding hydrogens is 329 g/mol. The Morgan fingerprint density at radius 1 is 1.57 bits per heavy atom. The largest absolute Gasteiger partial charge is 0.434 e. The van der Waals surface area contributed by atoms with Gasteiger partial charge in [-0.3, -0.25) is 4.99 Å². The summed E-state index contributed by atoms with van der Waals surface area (Å²) < 4.78 is 42.7. The summed E-state index contributed by atoms with van der Waals surface area (Å²) in [5.74, 6) is 1.27. The van der Waals surface area contributed by atoms with Crippen molar-refractivity contribution in [2.75, 3.05) is 40.4 Å². The van der Waals surface area contributed by atoms with Crippen LogP contribution in [0.15, 0.2) is 10.4 Å². The first-order valence-electron chi connectivity index (χ1n) is 7.40. The second-order valence-corrected chi connectivity index (χ2v) is 6.35. The van der Waals surface area contributed by atoms with Crippen molar-refractivity contribution in [3.05, 3.63) is 16.1 Å². The van der Waals surface area contributed by atoms with Gasteiger partial charge in [0.15, 0.2) is 11.7 Å². The number of ether oxygens (including phenoxy) is 1. The average molecular weight is 350 g/mol. The van der Waals surface area contributed by atoms with Crippen LogP contribution in [0.4, 0.5) is 13.2 Å². The van der Waals surface area contributed by atoms with Crippen LogP contribution in [-0.2, 0) is 17.3 Å². The average Bonchev–Trinajstić information content (AvgIpc) is 3.13. The smallest absolute Gasteiger partial charge is 0.384 e. The summed E-state index contributed by atoms with van der Waals surface area (Å²) in [6, 6.07) is 0. The van der Waals surface area contributed by atoms with Crippen molar-refractivity contribution < 1.29 is 17.9 Å². The molecule has 0 bridgehead atoms. The van der Waals surface area contributed by atoms with Gasteiger partial charge in [-0.2, -0.15) is 13.2 Å². The molecule has 1 aliphatic heterocycles. The van der Waals surface area contributed by atoms with Gasteiger partial charge in [-0.15, -0.1) is 11.3 Å². The fourth-order valence-electron chi connectivity index (χ4n) is 2.57. The lowest BCUT2D eigenvalue weighted by molar-refractivity contribution is -0.140. The van der Waals surface area contributed by atoms with Crippen molar-refractivity contribution in [1.29, 1.82) is 0 Å². The number of methoxy groups -OCH3 is 1. The van der Waals surface area contributed by atoms with E-state index in [2.05, 4.69) is 20.2 Å². The minimum atomic E-state index is -4.37. The fraction of sp³-hybridized carbons (Fsp3) is 0.714. The maximum absolute atomic E-state index is 12.5. The van der Waals surface area contributed by atoms with E-state index in [9.17, 15) is 13.2 Å². The molecule has 0 aromatic carbocycles. The van der Waals surface area contributed by atoms with Crippen molar-refractivity contribution in [2.45, 2.75) is 19.0 Å². The highest BCUT2D eigenvalue weighted by atomic mass is 32.1. The summed E-state index contributed by atoms with van der Waals surface area (Å²) in [6.07, 6.45) is -2.88. The van der Waals surface area contributed by atoms with Gasteiger partial charge in [-0.25, -0.2) is 4.98 Å². The van der Waals surface area contributed by atoms with Crippen molar-refractivity contribution in [3.63, 3.8) is 0 Å². The van der Waals surface area contributed by atoms with Gasteiger partial charge in [0.1, 0.15) is 0 Å². The molecule has 2 rings (SSSR count). The minimum absolute atomic E-state index is 0.440. The Morgan fingerprint density at radius 2 is 2.35 bits per heavy atom. The van der Waals surface area contributed by atoms with Crippen LogP contribution in [0.3, 0.4) is 0 Å².